The summed E-state index contributed by atoms with van der Waals surface area (Å²) in [5, 5.41) is -0.154. The summed E-state index contributed by atoms with van der Waals surface area (Å²) in [6, 6.07) is 2.00. The standard InChI is InChI=1S/C9H5ClF3N5/c10-7-16-6(17-8(14)18-7)5-2-1-4(3-15-5)9(11,12)13/h1-3H,(H2,14,16,17,18). The molecular formula is C9H5ClF3N5. The van der Waals surface area contributed by atoms with Crippen molar-refractivity contribution in [3.8, 4) is 11.5 Å². The number of aromatic nitrogens is 4. The van der Waals surface area contributed by atoms with Crippen molar-refractivity contribution in [3.05, 3.63) is 29.2 Å². The van der Waals surface area contributed by atoms with E-state index in [0.717, 1.165) is 12.1 Å². The summed E-state index contributed by atoms with van der Waals surface area (Å²) in [6.07, 6.45) is -3.76. The van der Waals surface area contributed by atoms with E-state index in [1.54, 1.807) is 0 Å². The molecule has 0 aromatic carbocycles. The molecule has 0 amide bonds. The number of pyridine rings is 1. The number of nitrogen functional groups attached to an aromatic ring is 1. The van der Waals surface area contributed by atoms with Gasteiger partial charge < -0.3 is 5.73 Å². The Bertz CT molecular complexity index is 549. The highest BCUT2D eigenvalue weighted by molar-refractivity contribution is 6.28. The van der Waals surface area contributed by atoms with Crippen LogP contribution in [0.3, 0.4) is 0 Å². The SMILES string of the molecule is Nc1nc(Cl)nc(-c2ccc(C(F)(F)F)cn2)n1. The van der Waals surface area contributed by atoms with Crippen LogP contribution in [0, 0.1) is 0 Å². The van der Waals surface area contributed by atoms with Gasteiger partial charge >= 0.3 is 6.18 Å². The van der Waals surface area contributed by atoms with Gasteiger partial charge in [0.15, 0.2) is 5.82 Å². The Kier molecular flexibility index (Phi) is 3.04. The normalized spacial score (nSPS) is 11.6. The Morgan fingerprint density at radius 2 is 1.83 bits per heavy atom. The van der Waals surface area contributed by atoms with Crippen molar-refractivity contribution in [2.45, 2.75) is 6.18 Å². The lowest BCUT2D eigenvalue weighted by molar-refractivity contribution is -0.137. The first-order valence-corrected chi connectivity index (χ1v) is 4.95. The van der Waals surface area contributed by atoms with E-state index in [4.69, 9.17) is 17.3 Å². The molecule has 2 rings (SSSR count). The largest absolute Gasteiger partial charge is 0.417 e. The second-order valence-corrected chi connectivity index (χ2v) is 3.55. The molecule has 18 heavy (non-hydrogen) atoms. The van der Waals surface area contributed by atoms with Gasteiger partial charge in [0, 0.05) is 6.20 Å². The smallest absolute Gasteiger partial charge is 0.368 e. The lowest BCUT2D eigenvalue weighted by atomic mass is 10.2. The molecule has 9 heteroatoms. The van der Waals surface area contributed by atoms with Crippen molar-refractivity contribution >= 4 is 17.5 Å². The van der Waals surface area contributed by atoms with Gasteiger partial charge in [0.25, 0.3) is 0 Å². The van der Waals surface area contributed by atoms with E-state index in [-0.39, 0.29) is 22.8 Å². The Balaban J connectivity index is 2.40. The van der Waals surface area contributed by atoms with Gasteiger partial charge in [0.2, 0.25) is 11.2 Å². The van der Waals surface area contributed by atoms with Gasteiger partial charge in [-0.25, -0.2) is 0 Å². The minimum atomic E-state index is -4.44. The molecule has 0 spiro atoms. The number of hydrogen-bond acceptors (Lipinski definition) is 5. The second kappa shape index (κ2) is 4.37. The molecule has 0 unspecified atom stereocenters. The number of anilines is 1. The first kappa shape index (κ1) is 12.5. The van der Waals surface area contributed by atoms with E-state index in [1.807, 2.05) is 0 Å². The third-order valence-corrected chi connectivity index (χ3v) is 2.11. The Labute approximate surface area is 104 Å². The Morgan fingerprint density at radius 3 is 2.33 bits per heavy atom. The van der Waals surface area contributed by atoms with Crippen LogP contribution in [0.5, 0.6) is 0 Å². The van der Waals surface area contributed by atoms with Crippen molar-refractivity contribution in [2.75, 3.05) is 5.73 Å². The van der Waals surface area contributed by atoms with Crippen molar-refractivity contribution in [3.63, 3.8) is 0 Å². The summed E-state index contributed by atoms with van der Waals surface area (Å²) in [4.78, 5) is 14.6. The number of nitrogens with two attached hydrogens (primary N) is 1. The fourth-order valence-corrected chi connectivity index (χ4v) is 1.34. The van der Waals surface area contributed by atoms with Gasteiger partial charge in [-0.3, -0.25) is 4.98 Å². The van der Waals surface area contributed by atoms with E-state index in [2.05, 4.69) is 19.9 Å². The predicted molar refractivity (Wildman–Crippen MR) is 57.5 cm³/mol. The van der Waals surface area contributed by atoms with E-state index in [0.29, 0.717) is 6.20 Å². The monoisotopic (exact) mass is 275 g/mol. The zero-order valence-electron chi connectivity index (χ0n) is 8.61. The molecule has 0 aliphatic rings. The first-order valence-electron chi connectivity index (χ1n) is 4.57. The Hall–Kier alpha value is -1.96. The van der Waals surface area contributed by atoms with Crippen LogP contribution in [0.15, 0.2) is 18.3 Å². The number of hydrogen-bond donors (Lipinski definition) is 1. The molecule has 0 aliphatic carbocycles. The molecule has 0 aliphatic heterocycles. The van der Waals surface area contributed by atoms with Gasteiger partial charge in [0.05, 0.1) is 5.56 Å². The zero-order valence-corrected chi connectivity index (χ0v) is 9.37. The average Bonchev–Trinajstić information content (AvgIpc) is 2.27. The van der Waals surface area contributed by atoms with Gasteiger partial charge in [-0.15, -0.1) is 0 Å². The van der Waals surface area contributed by atoms with E-state index >= 15 is 0 Å². The summed E-state index contributed by atoms with van der Waals surface area (Å²) in [5.41, 5.74) is 4.60. The highest BCUT2D eigenvalue weighted by Gasteiger charge is 2.30. The maximum absolute atomic E-state index is 12.3. The topological polar surface area (TPSA) is 77.6 Å². The van der Waals surface area contributed by atoms with Gasteiger partial charge in [-0.05, 0) is 23.7 Å². The second-order valence-electron chi connectivity index (χ2n) is 3.22. The van der Waals surface area contributed by atoms with E-state index < -0.39 is 11.7 Å². The van der Waals surface area contributed by atoms with Gasteiger partial charge in [-0.1, -0.05) is 0 Å². The molecule has 94 valence electrons. The summed E-state index contributed by atoms with van der Waals surface area (Å²) < 4.78 is 37.0. The van der Waals surface area contributed by atoms with Crippen LogP contribution in [-0.4, -0.2) is 19.9 Å². The highest BCUT2D eigenvalue weighted by Crippen LogP contribution is 2.29. The van der Waals surface area contributed by atoms with Crippen LogP contribution >= 0.6 is 11.6 Å². The van der Waals surface area contributed by atoms with E-state index in [9.17, 15) is 13.2 Å². The zero-order chi connectivity index (χ0) is 13.3. The lowest BCUT2D eigenvalue weighted by Gasteiger charge is -2.06. The van der Waals surface area contributed by atoms with E-state index in [1.165, 1.54) is 0 Å². The fourth-order valence-electron chi connectivity index (χ4n) is 1.17. The first-order chi connectivity index (χ1) is 8.36. The minimum Gasteiger partial charge on any atom is -0.368 e. The highest BCUT2D eigenvalue weighted by atomic mass is 35.5. The number of alkyl halides is 3. The third-order valence-electron chi connectivity index (χ3n) is 1.95. The molecule has 0 atom stereocenters. The molecule has 2 heterocycles. The lowest BCUT2D eigenvalue weighted by Crippen LogP contribution is -2.06. The summed E-state index contributed by atoms with van der Waals surface area (Å²) in [5.74, 6) is -0.118. The molecule has 5 nitrogen and oxygen atoms in total. The molecule has 2 aromatic heterocycles. The maximum atomic E-state index is 12.3. The van der Waals surface area contributed by atoms with Crippen molar-refractivity contribution < 1.29 is 13.2 Å². The molecule has 2 N–H and O–H groups in total. The molecule has 0 bridgehead atoms. The van der Waals surface area contributed by atoms with Crippen molar-refractivity contribution in [1.29, 1.82) is 0 Å². The van der Waals surface area contributed by atoms with Crippen LogP contribution in [-0.2, 0) is 6.18 Å². The number of halogens is 4. The summed E-state index contributed by atoms with van der Waals surface area (Å²) in [7, 11) is 0. The van der Waals surface area contributed by atoms with Crippen molar-refractivity contribution in [1.82, 2.24) is 19.9 Å². The van der Waals surface area contributed by atoms with Crippen LogP contribution in [0.4, 0.5) is 19.1 Å². The number of nitrogens with zero attached hydrogens (tertiary/aromatic N) is 4. The molecular weight excluding hydrogens is 271 g/mol. The molecule has 0 radical (unpaired) electrons. The van der Waals surface area contributed by atoms with Gasteiger partial charge in [0.1, 0.15) is 5.69 Å². The quantitative estimate of drug-likeness (QED) is 0.863. The summed E-state index contributed by atoms with van der Waals surface area (Å²) in [6.45, 7) is 0. The number of rotatable bonds is 1. The molecule has 0 fully saturated rings. The molecule has 2 aromatic rings. The van der Waals surface area contributed by atoms with Crippen LogP contribution in [0.2, 0.25) is 5.28 Å². The Morgan fingerprint density at radius 1 is 1.11 bits per heavy atom. The predicted octanol–water partition coefficient (Wildman–Crippen LogP) is 2.19. The minimum absolute atomic E-state index is 0.0150. The average molecular weight is 276 g/mol. The molecule has 0 saturated carbocycles. The maximum Gasteiger partial charge on any atom is 0.417 e. The van der Waals surface area contributed by atoms with Gasteiger partial charge in [-0.2, -0.15) is 28.1 Å². The van der Waals surface area contributed by atoms with Crippen molar-refractivity contribution in [2.24, 2.45) is 0 Å². The van der Waals surface area contributed by atoms with Crippen LogP contribution in [0.25, 0.3) is 11.5 Å². The van der Waals surface area contributed by atoms with Crippen LogP contribution in [0.1, 0.15) is 5.56 Å². The third kappa shape index (κ3) is 2.65. The summed E-state index contributed by atoms with van der Waals surface area (Å²) >= 11 is 5.55. The molecule has 0 saturated heterocycles. The fraction of sp³-hybridized carbons (Fsp3) is 0.111. The van der Waals surface area contributed by atoms with Crippen LogP contribution < -0.4 is 5.73 Å².